The molecule has 22 heavy (non-hydrogen) atoms. The van der Waals surface area contributed by atoms with E-state index in [-0.39, 0.29) is 11.2 Å². The molecule has 3 aromatic rings. The smallest absolute Gasteiger partial charge is 0.318 e. The van der Waals surface area contributed by atoms with Crippen molar-refractivity contribution in [3.8, 4) is 5.69 Å². The lowest BCUT2D eigenvalue weighted by atomic mass is 10.3. The van der Waals surface area contributed by atoms with Crippen LogP contribution in [0.1, 0.15) is 6.92 Å². The summed E-state index contributed by atoms with van der Waals surface area (Å²) in [7, 11) is 1.36. The number of carbonyl (C=O) groups excluding carboxylic acids is 1. The third-order valence-corrected chi connectivity index (χ3v) is 4.09. The number of fused-ring (bicyclic) bond motifs is 1. The van der Waals surface area contributed by atoms with Crippen molar-refractivity contribution < 1.29 is 9.53 Å². The van der Waals surface area contributed by atoms with E-state index in [1.807, 2.05) is 30.3 Å². The molecule has 0 fully saturated rings. The highest BCUT2D eigenvalue weighted by molar-refractivity contribution is 8.00. The molecule has 1 aromatic carbocycles. The quantitative estimate of drug-likeness (QED) is 0.413. The average molecular weight is 315 g/mol. The van der Waals surface area contributed by atoms with Gasteiger partial charge < -0.3 is 4.74 Å². The van der Waals surface area contributed by atoms with E-state index in [0.29, 0.717) is 16.2 Å². The molecular formula is C14H13N5O2S. The lowest BCUT2D eigenvalue weighted by Crippen LogP contribution is -2.14. The first-order valence-corrected chi connectivity index (χ1v) is 7.45. The van der Waals surface area contributed by atoms with Crippen LogP contribution in [0.3, 0.4) is 0 Å². The van der Waals surface area contributed by atoms with Crippen LogP contribution >= 0.6 is 11.8 Å². The van der Waals surface area contributed by atoms with Crippen molar-refractivity contribution in [2.24, 2.45) is 0 Å². The Balaban J connectivity index is 2.01. The van der Waals surface area contributed by atoms with Crippen LogP contribution in [0.15, 0.2) is 41.7 Å². The minimum atomic E-state index is -0.384. The van der Waals surface area contributed by atoms with Crippen molar-refractivity contribution in [1.82, 2.24) is 25.0 Å². The molecule has 0 aliphatic heterocycles. The molecule has 0 bridgehead atoms. The van der Waals surface area contributed by atoms with Gasteiger partial charge in [-0.05, 0) is 19.1 Å². The zero-order chi connectivity index (χ0) is 15.5. The second-order valence-electron chi connectivity index (χ2n) is 4.47. The molecule has 0 aliphatic rings. The van der Waals surface area contributed by atoms with Gasteiger partial charge in [0.15, 0.2) is 11.2 Å². The molecule has 2 heterocycles. The highest BCUT2D eigenvalue weighted by atomic mass is 32.2. The molecule has 0 saturated heterocycles. The van der Waals surface area contributed by atoms with Gasteiger partial charge in [0, 0.05) is 0 Å². The molecule has 8 heteroatoms. The monoisotopic (exact) mass is 315 g/mol. The van der Waals surface area contributed by atoms with Crippen LogP contribution < -0.4 is 0 Å². The standard InChI is InChI=1S/C14H13N5O2S/c1-9(14(20)21-2)22-13-11-12(15-8-16-13)19(18-17-11)10-6-4-3-5-7-10/h3-9H,1-2H3/t9-/m1/s1. The molecule has 0 unspecified atom stereocenters. The number of ether oxygens (including phenoxy) is 1. The van der Waals surface area contributed by atoms with Crippen LogP contribution in [0, 0.1) is 0 Å². The van der Waals surface area contributed by atoms with Crippen molar-refractivity contribution >= 4 is 28.9 Å². The van der Waals surface area contributed by atoms with Crippen molar-refractivity contribution in [3.63, 3.8) is 0 Å². The molecular weight excluding hydrogens is 302 g/mol. The summed E-state index contributed by atoms with van der Waals surface area (Å²) in [6, 6.07) is 9.59. The first-order valence-electron chi connectivity index (χ1n) is 6.57. The summed E-state index contributed by atoms with van der Waals surface area (Å²) in [5.41, 5.74) is 2.02. The number of thioether (sulfide) groups is 1. The second-order valence-corrected chi connectivity index (χ2v) is 5.80. The van der Waals surface area contributed by atoms with Crippen molar-refractivity contribution in [3.05, 3.63) is 36.7 Å². The zero-order valence-corrected chi connectivity index (χ0v) is 12.8. The molecule has 0 spiro atoms. The lowest BCUT2D eigenvalue weighted by molar-refractivity contribution is -0.139. The summed E-state index contributed by atoms with van der Waals surface area (Å²) in [5, 5.41) is 8.50. The van der Waals surface area contributed by atoms with Crippen molar-refractivity contribution in [1.29, 1.82) is 0 Å². The van der Waals surface area contributed by atoms with Crippen molar-refractivity contribution in [2.75, 3.05) is 7.11 Å². The number of aromatic nitrogens is 5. The number of nitrogens with zero attached hydrogens (tertiary/aromatic N) is 5. The second kappa shape index (κ2) is 6.10. The average Bonchev–Trinajstić information content (AvgIpc) is 3.00. The van der Waals surface area contributed by atoms with Crippen LogP contribution in [0.2, 0.25) is 0 Å². The van der Waals surface area contributed by atoms with Gasteiger partial charge in [-0.3, -0.25) is 4.79 Å². The van der Waals surface area contributed by atoms with Gasteiger partial charge in [-0.15, -0.1) is 5.10 Å². The minimum absolute atomic E-state index is 0.313. The summed E-state index contributed by atoms with van der Waals surface area (Å²) in [5.74, 6) is -0.313. The maximum Gasteiger partial charge on any atom is 0.318 e. The van der Waals surface area contributed by atoms with E-state index < -0.39 is 0 Å². The van der Waals surface area contributed by atoms with E-state index in [9.17, 15) is 4.79 Å². The predicted octanol–water partition coefficient (Wildman–Crippen LogP) is 1.86. The SMILES string of the molecule is COC(=O)[C@@H](C)Sc1ncnc2c1nnn2-c1ccccc1. The van der Waals surface area contributed by atoms with Crippen LogP contribution in [0.25, 0.3) is 16.9 Å². The summed E-state index contributed by atoms with van der Waals surface area (Å²) in [4.78, 5) is 20.0. The fourth-order valence-corrected chi connectivity index (χ4v) is 2.82. The molecule has 7 nitrogen and oxygen atoms in total. The van der Waals surface area contributed by atoms with Gasteiger partial charge in [-0.25, -0.2) is 9.97 Å². The van der Waals surface area contributed by atoms with Gasteiger partial charge in [0.05, 0.1) is 12.8 Å². The Kier molecular flexibility index (Phi) is 4.01. The fourth-order valence-electron chi connectivity index (χ4n) is 1.94. The number of para-hydroxylation sites is 1. The summed E-state index contributed by atoms with van der Waals surface area (Å²) >= 11 is 1.27. The van der Waals surface area contributed by atoms with E-state index in [4.69, 9.17) is 4.74 Å². The Hall–Kier alpha value is -2.48. The number of benzene rings is 1. The van der Waals surface area contributed by atoms with E-state index in [1.165, 1.54) is 25.2 Å². The van der Waals surface area contributed by atoms with Gasteiger partial charge in [0.2, 0.25) is 0 Å². The zero-order valence-electron chi connectivity index (χ0n) is 12.0. The normalized spacial score (nSPS) is 12.3. The minimum Gasteiger partial charge on any atom is -0.468 e. The van der Waals surface area contributed by atoms with Gasteiger partial charge in [-0.2, -0.15) is 4.68 Å². The number of rotatable bonds is 4. The van der Waals surface area contributed by atoms with Gasteiger partial charge in [-0.1, -0.05) is 35.2 Å². The first-order chi connectivity index (χ1) is 10.7. The maximum atomic E-state index is 11.6. The van der Waals surface area contributed by atoms with Crippen LogP contribution in [0.4, 0.5) is 0 Å². The van der Waals surface area contributed by atoms with Gasteiger partial charge in [0.1, 0.15) is 16.6 Å². The van der Waals surface area contributed by atoms with E-state index in [1.54, 1.807) is 11.6 Å². The molecule has 2 aromatic heterocycles. The lowest BCUT2D eigenvalue weighted by Gasteiger charge is -2.07. The van der Waals surface area contributed by atoms with Gasteiger partial charge >= 0.3 is 5.97 Å². The number of hydrogen-bond acceptors (Lipinski definition) is 7. The highest BCUT2D eigenvalue weighted by Crippen LogP contribution is 2.27. The summed E-state index contributed by atoms with van der Waals surface area (Å²) < 4.78 is 6.37. The Morgan fingerprint density at radius 1 is 1.27 bits per heavy atom. The number of carbonyl (C=O) groups is 1. The highest BCUT2D eigenvalue weighted by Gasteiger charge is 2.20. The van der Waals surface area contributed by atoms with Crippen LogP contribution in [-0.4, -0.2) is 43.3 Å². The molecule has 0 N–H and O–H groups in total. The van der Waals surface area contributed by atoms with Crippen LogP contribution in [-0.2, 0) is 9.53 Å². The number of hydrogen-bond donors (Lipinski definition) is 0. The van der Waals surface area contributed by atoms with E-state index in [0.717, 1.165) is 5.69 Å². The third-order valence-electron chi connectivity index (χ3n) is 3.03. The molecule has 1 atom stereocenters. The molecule has 0 amide bonds. The molecule has 112 valence electrons. The first kappa shape index (κ1) is 14.5. The van der Waals surface area contributed by atoms with Gasteiger partial charge in [0.25, 0.3) is 0 Å². The molecule has 0 aliphatic carbocycles. The maximum absolute atomic E-state index is 11.6. The molecule has 0 radical (unpaired) electrons. The van der Waals surface area contributed by atoms with Crippen molar-refractivity contribution in [2.45, 2.75) is 17.2 Å². The van der Waals surface area contributed by atoms with Crippen LogP contribution in [0.5, 0.6) is 0 Å². The summed E-state index contributed by atoms with van der Waals surface area (Å²) in [6.07, 6.45) is 1.44. The Morgan fingerprint density at radius 3 is 2.77 bits per heavy atom. The third kappa shape index (κ3) is 2.64. The van der Waals surface area contributed by atoms with E-state index >= 15 is 0 Å². The fraction of sp³-hybridized carbons (Fsp3) is 0.214. The van der Waals surface area contributed by atoms with E-state index in [2.05, 4.69) is 20.3 Å². The number of esters is 1. The Morgan fingerprint density at radius 2 is 2.05 bits per heavy atom. The molecule has 0 saturated carbocycles. The number of methoxy groups -OCH3 is 1. The topological polar surface area (TPSA) is 82.8 Å². The summed E-state index contributed by atoms with van der Waals surface area (Å²) in [6.45, 7) is 1.76. The predicted molar refractivity (Wildman–Crippen MR) is 81.8 cm³/mol. The Bertz CT molecular complexity index is 805. The Labute approximate surface area is 130 Å². The molecule has 3 rings (SSSR count). The largest absolute Gasteiger partial charge is 0.468 e.